The first-order valence-electron chi connectivity index (χ1n) is 5.36. The summed E-state index contributed by atoms with van der Waals surface area (Å²) < 4.78 is 0. The third kappa shape index (κ3) is 1.63. The fraction of sp³-hybridized carbons (Fsp3) is 0.308. The van der Waals surface area contributed by atoms with Crippen LogP contribution in [0.25, 0.3) is 10.9 Å². The van der Waals surface area contributed by atoms with Crippen molar-refractivity contribution in [1.29, 1.82) is 0 Å². The van der Waals surface area contributed by atoms with E-state index < -0.39 is 0 Å². The molecule has 0 spiro atoms. The summed E-state index contributed by atoms with van der Waals surface area (Å²) in [7, 11) is 0. The minimum absolute atomic E-state index is 0.0798. The highest BCUT2D eigenvalue weighted by molar-refractivity contribution is 6.31. The SMILES string of the molecule is CCc1[nH]c2c(C)cc(Cl)cc2c(=O)c1C. The Labute approximate surface area is 99.3 Å². The summed E-state index contributed by atoms with van der Waals surface area (Å²) in [5.74, 6) is 0. The zero-order valence-corrected chi connectivity index (χ0v) is 10.4. The predicted octanol–water partition coefficient (Wildman–Crippen LogP) is 3.36. The average molecular weight is 236 g/mol. The molecule has 0 saturated carbocycles. The number of benzene rings is 1. The molecule has 0 unspecified atom stereocenters. The zero-order valence-electron chi connectivity index (χ0n) is 9.65. The van der Waals surface area contributed by atoms with Gasteiger partial charge < -0.3 is 4.98 Å². The Morgan fingerprint density at radius 2 is 2.00 bits per heavy atom. The number of hydrogen-bond donors (Lipinski definition) is 1. The largest absolute Gasteiger partial charge is 0.358 e. The highest BCUT2D eigenvalue weighted by Gasteiger charge is 2.09. The Morgan fingerprint density at radius 1 is 1.31 bits per heavy atom. The van der Waals surface area contributed by atoms with Crippen LogP contribution in [0.2, 0.25) is 5.02 Å². The van der Waals surface area contributed by atoms with Crippen molar-refractivity contribution in [2.75, 3.05) is 0 Å². The number of pyridine rings is 1. The minimum atomic E-state index is 0.0798. The molecule has 1 N–H and O–H groups in total. The number of halogens is 1. The lowest BCUT2D eigenvalue weighted by molar-refractivity contribution is 1.02. The van der Waals surface area contributed by atoms with E-state index in [4.69, 9.17) is 11.6 Å². The summed E-state index contributed by atoms with van der Waals surface area (Å²) in [6, 6.07) is 3.60. The number of aromatic amines is 1. The first-order chi connectivity index (χ1) is 7.54. The molecule has 84 valence electrons. The molecule has 16 heavy (non-hydrogen) atoms. The van der Waals surface area contributed by atoms with Crippen LogP contribution in [0.15, 0.2) is 16.9 Å². The molecule has 1 aromatic heterocycles. The van der Waals surface area contributed by atoms with Gasteiger partial charge in [-0.15, -0.1) is 0 Å². The summed E-state index contributed by atoms with van der Waals surface area (Å²) in [5, 5.41) is 1.29. The van der Waals surface area contributed by atoms with Crippen molar-refractivity contribution >= 4 is 22.5 Å². The van der Waals surface area contributed by atoms with Crippen LogP contribution in [0.5, 0.6) is 0 Å². The van der Waals surface area contributed by atoms with E-state index in [9.17, 15) is 4.79 Å². The molecule has 2 rings (SSSR count). The number of rotatable bonds is 1. The second-order valence-corrected chi connectivity index (χ2v) is 4.49. The van der Waals surface area contributed by atoms with Gasteiger partial charge in [-0.2, -0.15) is 0 Å². The smallest absolute Gasteiger partial charge is 0.192 e. The molecular formula is C13H14ClNO. The van der Waals surface area contributed by atoms with Crippen LogP contribution in [0.1, 0.15) is 23.7 Å². The molecule has 0 atom stereocenters. The van der Waals surface area contributed by atoms with E-state index in [1.165, 1.54) is 0 Å². The summed E-state index contributed by atoms with van der Waals surface area (Å²) in [4.78, 5) is 15.5. The van der Waals surface area contributed by atoms with Crippen molar-refractivity contribution in [3.05, 3.63) is 44.2 Å². The molecule has 2 nitrogen and oxygen atoms in total. The van der Waals surface area contributed by atoms with Gasteiger partial charge in [0.05, 0.1) is 5.52 Å². The second-order valence-electron chi connectivity index (χ2n) is 4.06. The van der Waals surface area contributed by atoms with E-state index in [1.807, 2.05) is 26.8 Å². The summed E-state index contributed by atoms with van der Waals surface area (Å²) in [6.45, 7) is 5.85. The Morgan fingerprint density at radius 3 is 2.62 bits per heavy atom. The van der Waals surface area contributed by atoms with Crippen molar-refractivity contribution in [1.82, 2.24) is 4.98 Å². The lowest BCUT2D eigenvalue weighted by Gasteiger charge is -2.08. The standard InChI is InChI=1S/C13H14ClNO/c1-4-11-8(3)13(16)10-6-9(14)5-7(2)12(10)15-11/h5-6H,4H2,1-3H3,(H,15,16). The van der Waals surface area contributed by atoms with Gasteiger partial charge >= 0.3 is 0 Å². The number of hydrogen-bond acceptors (Lipinski definition) is 1. The van der Waals surface area contributed by atoms with Crippen LogP contribution < -0.4 is 5.43 Å². The Hall–Kier alpha value is -1.28. The van der Waals surface area contributed by atoms with Gasteiger partial charge in [0.1, 0.15) is 0 Å². The molecule has 0 fully saturated rings. The molecule has 3 heteroatoms. The van der Waals surface area contributed by atoms with Gasteiger partial charge in [-0.3, -0.25) is 4.79 Å². The molecule has 0 aliphatic rings. The Balaban J connectivity index is 2.99. The molecule has 1 aromatic carbocycles. The maximum Gasteiger partial charge on any atom is 0.192 e. The topological polar surface area (TPSA) is 32.9 Å². The van der Waals surface area contributed by atoms with Crippen molar-refractivity contribution in [2.24, 2.45) is 0 Å². The quantitative estimate of drug-likeness (QED) is 0.808. The number of nitrogens with one attached hydrogen (secondary N) is 1. The van der Waals surface area contributed by atoms with E-state index >= 15 is 0 Å². The lowest BCUT2D eigenvalue weighted by atomic mass is 10.1. The molecule has 0 amide bonds. The molecule has 0 aliphatic carbocycles. The van der Waals surface area contributed by atoms with E-state index in [2.05, 4.69) is 4.98 Å². The summed E-state index contributed by atoms with van der Waals surface area (Å²) in [5.41, 5.74) is 3.78. The van der Waals surface area contributed by atoms with Crippen LogP contribution in [-0.2, 0) is 6.42 Å². The summed E-state index contributed by atoms with van der Waals surface area (Å²) in [6.07, 6.45) is 0.832. The van der Waals surface area contributed by atoms with Crippen LogP contribution in [0.3, 0.4) is 0 Å². The van der Waals surface area contributed by atoms with Crippen LogP contribution in [0.4, 0.5) is 0 Å². The number of aromatic nitrogens is 1. The summed E-state index contributed by atoms with van der Waals surface area (Å²) >= 11 is 5.97. The van der Waals surface area contributed by atoms with Crippen LogP contribution in [-0.4, -0.2) is 4.98 Å². The van der Waals surface area contributed by atoms with Gasteiger partial charge in [-0.1, -0.05) is 18.5 Å². The van der Waals surface area contributed by atoms with E-state index in [0.717, 1.165) is 28.8 Å². The Kier molecular flexibility index (Phi) is 2.76. The molecule has 0 bridgehead atoms. The fourth-order valence-corrected chi connectivity index (χ4v) is 2.30. The van der Waals surface area contributed by atoms with Gasteiger partial charge in [0, 0.05) is 21.7 Å². The van der Waals surface area contributed by atoms with Gasteiger partial charge in [0.25, 0.3) is 0 Å². The van der Waals surface area contributed by atoms with Crippen molar-refractivity contribution < 1.29 is 0 Å². The monoisotopic (exact) mass is 235 g/mol. The fourth-order valence-electron chi connectivity index (χ4n) is 2.03. The van der Waals surface area contributed by atoms with E-state index in [0.29, 0.717) is 10.4 Å². The van der Waals surface area contributed by atoms with Gasteiger partial charge in [-0.05, 0) is 38.0 Å². The highest BCUT2D eigenvalue weighted by Crippen LogP contribution is 2.21. The number of fused-ring (bicyclic) bond motifs is 1. The predicted molar refractivity (Wildman–Crippen MR) is 68.4 cm³/mol. The molecule has 0 radical (unpaired) electrons. The maximum atomic E-state index is 12.1. The van der Waals surface area contributed by atoms with Gasteiger partial charge in [0.15, 0.2) is 5.43 Å². The zero-order chi connectivity index (χ0) is 11.9. The van der Waals surface area contributed by atoms with Gasteiger partial charge in [-0.25, -0.2) is 0 Å². The molecule has 0 aliphatic heterocycles. The second kappa shape index (κ2) is 3.95. The molecule has 2 aromatic rings. The minimum Gasteiger partial charge on any atom is -0.358 e. The molecule has 0 saturated heterocycles. The van der Waals surface area contributed by atoms with Crippen molar-refractivity contribution in [3.63, 3.8) is 0 Å². The van der Waals surface area contributed by atoms with Crippen molar-refractivity contribution in [2.45, 2.75) is 27.2 Å². The van der Waals surface area contributed by atoms with Crippen LogP contribution >= 0.6 is 11.6 Å². The Bertz CT molecular complexity index is 613. The van der Waals surface area contributed by atoms with Crippen LogP contribution in [0, 0.1) is 13.8 Å². The van der Waals surface area contributed by atoms with E-state index in [-0.39, 0.29) is 5.43 Å². The highest BCUT2D eigenvalue weighted by atomic mass is 35.5. The van der Waals surface area contributed by atoms with Gasteiger partial charge in [0.2, 0.25) is 0 Å². The normalized spacial score (nSPS) is 11.0. The molecule has 1 heterocycles. The lowest BCUT2D eigenvalue weighted by Crippen LogP contribution is -2.11. The van der Waals surface area contributed by atoms with Crippen molar-refractivity contribution in [3.8, 4) is 0 Å². The number of aryl methyl sites for hydroxylation is 2. The number of H-pyrrole nitrogens is 1. The third-order valence-corrected chi connectivity index (χ3v) is 3.19. The third-order valence-electron chi connectivity index (χ3n) is 2.97. The molecular weight excluding hydrogens is 222 g/mol. The maximum absolute atomic E-state index is 12.1. The van der Waals surface area contributed by atoms with E-state index in [1.54, 1.807) is 6.07 Å². The first-order valence-corrected chi connectivity index (χ1v) is 5.74. The average Bonchev–Trinajstić information content (AvgIpc) is 2.24. The first kappa shape index (κ1) is 11.2.